The molecule has 1 rings (SSSR count). The van der Waals surface area contributed by atoms with E-state index in [1.54, 1.807) is 12.1 Å². The van der Waals surface area contributed by atoms with E-state index >= 15 is 0 Å². The normalized spacial score (nSPS) is 9.07. The van der Waals surface area contributed by atoms with Crippen LogP contribution in [0.5, 0.6) is 5.75 Å². The van der Waals surface area contributed by atoms with Crippen molar-refractivity contribution in [3.8, 4) is 18.1 Å². The molecule has 3 nitrogen and oxygen atoms in total. The number of halogens is 1. The van der Waals surface area contributed by atoms with Crippen molar-refractivity contribution < 1.29 is 9.53 Å². The third kappa shape index (κ3) is 4.52. The number of terminal acetylenes is 1. The second-order valence-corrected chi connectivity index (χ2v) is 3.64. The topological polar surface area (TPSA) is 38.3 Å². The van der Waals surface area contributed by atoms with E-state index in [2.05, 4.69) is 27.2 Å². The van der Waals surface area contributed by atoms with Gasteiger partial charge in [-0.25, -0.2) is 0 Å². The predicted molar refractivity (Wildman–Crippen MR) is 61.5 cm³/mol. The van der Waals surface area contributed by atoms with Crippen LogP contribution in [-0.2, 0) is 4.79 Å². The van der Waals surface area contributed by atoms with Gasteiger partial charge in [-0.3, -0.25) is 4.79 Å². The van der Waals surface area contributed by atoms with E-state index in [0.717, 1.165) is 4.47 Å². The minimum Gasteiger partial charge on any atom is -0.484 e. The number of hydrogen-bond acceptors (Lipinski definition) is 2. The predicted octanol–water partition coefficient (Wildman–Crippen LogP) is 1.58. The van der Waals surface area contributed by atoms with Crippen molar-refractivity contribution in [1.82, 2.24) is 5.32 Å². The second kappa shape index (κ2) is 6.10. The Morgan fingerprint density at radius 3 is 2.73 bits per heavy atom. The Hall–Kier alpha value is -1.47. The largest absolute Gasteiger partial charge is 0.484 e. The van der Waals surface area contributed by atoms with Crippen LogP contribution in [0.4, 0.5) is 0 Å². The van der Waals surface area contributed by atoms with Crippen molar-refractivity contribution in [3.05, 3.63) is 28.7 Å². The van der Waals surface area contributed by atoms with Crippen LogP contribution in [0.2, 0.25) is 0 Å². The zero-order chi connectivity index (χ0) is 11.1. The number of ether oxygens (including phenoxy) is 1. The number of rotatable bonds is 4. The van der Waals surface area contributed by atoms with Crippen molar-refractivity contribution >= 4 is 21.8 Å². The molecule has 0 atom stereocenters. The lowest BCUT2D eigenvalue weighted by Crippen LogP contribution is -2.28. The number of carbonyl (C=O) groups excluding carboxylic acids is 1. The maximum Gasteiger partial charge on any atom is 0.258 e. The molecule has 0 heterocycles. The summed E-state index contributed by atoms with van der Waals surface area (Å²) in [5, 5.41) is 2.50. The standard InChI is InChI=1S/C11H10BrNO2/c1-2-7-13-11(14)8-15-10-5-3-9(12)4-6-10/h1,3-6H,7-8H2,(H,13,14). The molecule has 15 heavy (non-hydrogen) atoms. The highest BCUT2D eigenvalue weighted by atomic mass is 79.9. The third-order valence-electron chi connectivity index (χ3n) is 1.57. The van der Waals surface area contributed by atoms with E-state index in [9.17, 15) is 4.79 Å². The molecule has 1 N–H and O–H groups in total. The molecule has 1 amide bonds. The van der Waals surface area contributed by atoms with Gasteiger partial charge in [-0.05, 0) is 24.3 Å². The highest BCUT2D eigenvalue weighted by Gasteiger charge is 2.00. The van der Waals surface area contributed by atoms with Crippen LogP contribution in [0.25, 0.3) is 0 Å². The maximum absolute atomic E-state index is 11.1. The van der Waals surface area contributed by atoms with Crippen LogP contribution in [0, 0.1) is 12.3 Å². The van der Waals surface area contributed by atoms with E-state index in [0.29, 0.717) is 5.75 Å². The number of nitrogens with one attached hydrogen (secondary N) is 1. The summed E-state index contributed by atoms with van der Waals surface area (Å²) in [7, 11) is 0. The fraction of sp³-hybridized carbons (Fsp3) is 0.182. The Labute approximate surface area is 96.9 Å². The molecule has 0 aliphatic heterocycles. The second-order valence-electron chi connectivity index (χ2n) is 2.72. The van der Waals surface area contributed by atoms with E-state index in [-0.39, 0.29) is 19.1 Å². The molecule has 0 saturated heterocycles. The summed E-state index contributed by atoms with van der Waals surface area (Å²) in [6, 6.07) is 7.24. The molecule has 0 spiro atoms. The van der Waals surface area contributed by atoms with Gasteiger partial charge in [0.25, 0.3) is 5.91 Å². The van der Waals surface area contributed by atoms with Gasteiger partial charge in [0.1, 0.15) is 5.75 Å². The molecular formula is C11H10BrNO2. The summed E-state index contributed by atoms with van der Waals surface area (Å²) >= 11 is 3.30. The van der Waals surface area contributed by atoms with Gasteiger partial charge in [0, 0.05) is 4.47 Å². The van der Waals surface area contributed by atoms with Gasteiger partial charge in [0.2, 0.25) is 0 Å². The van der Waals surface area contributed by atoms with E-state index in [1.807, 2.05) is 12.1 Å². The first-order valence-electron chi connectivity index (χ1n) is 4.31. The molecule has 0 fully saturated rings. The summed E-state index contributed by atoms with van der Waals surface area (Å²) in [4.78, 5) is 11.1. The Balaban J connectivity index is 2.34. The van der Waals surface area contributed by atoms with Crippen LogP contribution in [-0.4, -0.2) is 19.1 Å². The highest BCUT2D eigenvalue weighted by Crippen LogP contribution is 2.15. The van der Waals surface area contributed by atoms with Crippen molar-refractivity contribution in [1.29, 1.82) is 0 Å². The smallest absolute Gasteiger partial charge is 0.258 e. The minimum absolute atomic E-state index is 0.0245. The Kier molecular flexibility index (Phi) is 4.72. The molecule has 1 aromatic rings. The van der Waals surface area contributed by atoms with Crippen molar-refractivity contribution in [3.63, 3.8) is 0 Å². The van der Waals surface area contributed by atoms with Gasteiger partial charge >= 0.3 is 0 Å². The summed E-state index contributed by atoms with van der Waals surface area (Å²) in [6.07, 6.45) is 4.99. The molecular weight excluding hydrogens is 258 g/mol. The Bertz CT molecular complexity index is 367. The Morgan fingerprint density at radius 1 is 1.47 bits per heavy atom. The van der Waals surface area contributed by atoms with Gasteiger partial charge in [-0.2, -0.15) is 0 Å². The van der Waals surface area contributed by atoms with Crippen molar-refractivity contribution in [2.45, 2.75) is 0 Å². The average Bonchev–Trinajstić information content (AvgIpc) is 2.25. The number of amides is 1. The first-order valence-corrected chi connectivity index (χ1v) is 5.10. The van der Waals surface area contributed by atoms with Crippen LogP contribution >= 0.6 is 15.9 Å². The zero-order valence-corrected chi connectivity index (χ0v) is 9.58. The van der Waals surface area contributed by atoms with Crippen LogP contribution < -0.4 is 10.1 Å². The molecule has 0 aromatic heterocycles. The zero-order valence-electron chi connectivity index (χ0n) is 8.00. The lowest BCUT2D eigenvalue weighted by Gasteiger charge is -2.05. The average molecular weight is 268 g/mol. The molecule has 0 radical (unpaired) electrons. The summed E-state index contributed by atoms with van der Waals surface area (Å²) in [5.74, 6) is 2.73. The molecule has 0 aliphatic rings. The monoisotopic (exact) mass is 267 g/mol. The molecule has 4 heteroatoms. The summed E-state index contributed by atoms with van der Waals surface area (Å²) in [5.41, 5.74) is 0. The van der Waals surface area contributed by atoms with E-state index < -0.39 is 0 Å². The first kappa shape index (κ1) is 11.6. The van der Waals surface area contributed by atoms with Gasteiger partial charge < -0.3 is 10.1 Å². The minimum atomic E-state index is -0.226. The quantitative estimate of drug-likeness (QED) is 0.842. The summed E-state index contributed by atoms with van der Waals surface area (Å²) < 4.78 is 6.18. The van der Waals surface area contributed by atoms with Crippen LogP contribution in [0.15, 0.2) is 28.7 Å². The third-order valence-corrected chi connectivity index (χ3v) is 2.10. The van der Waals surface area contributed by atoms with Gasteiger partial charge in [-0.15, -0.1) is 6.42 Å². The van der Waals surface area contributed by atoms with Gasteiger partial charge in [0.05, 0.1) is 6.54 Å². The maximum atomic E-state index is 11.1. The van der Waals surface area contributed by atoms with E-state index in [4.69, 9.17) is 11.2 Å². The number of hydrogen-bond donors (Lipinski definition) is 1. The van der Waals surface area contributed by atoms with Crippen molar-refractivity contribution in [2.75, 3.05) is 13.2 Å². The fourth-order valence-corrected chi connectivity index (χ4v) is 1.14. The van der Waals surface area contributed by atoms with Gasteiger partial charge in [0.15, 0.2) is 6.61 Å². The molecule has 0 saturated carbocycles. The van der Waals surface area contributed by atoms with Crippen LogP contribution in [0.3, 0.4) is 0 Å². The first-order chi connectivity index (χ1) is 7.22. The Morgan fingerprint density at radius 2 is 2.13 bits per heavy atom. The molecule has 0 bridgehead atoms. The van der Waals surface area contributed by atoms with E-state index in [1.165, 1.54) is 0 Å². The fourth-order valence-electron chi connectivity index (χ4n) is 0.880. The highest BCUT2D eigenvalue weighted by molar-refractivity contribution is 9.10. The molecule has 1 aromatic carbocycles. The molecule has 78 valence electrons. The number of benzene rings is 1. The summed E-state index contributed by atoms with van der Waals surface area (Å²) in [6.45, 7) is 0.200. The lowest BCUT2D eigenvalue weighted by molar-refractivity contribution is -0.122. The SMILES string of the molecule is C#CCNC(=O)COc1ccc(Br)cc1. The molecule has 0 unspecified atom stereocenters. The number of carbonyl (C=O) groups is 1. The van der Waals surface area contributed by atoms with Gasteiger partial charge in [-0.1, -0.05) is 21.9 Å². The molecule has 0 aliphatic carbocycles. The lowest BCUT2D eigenvalue weighted by atomic mass is 10.3. The van der Waals surface area contributed by atoms with Crippen molar-refractivity contribution in [2.24, 2.45) is 0 Å². The van der Waals surface area contributed by atoms with Crippen LogP contribution in [0.1, 0.15) is 0 Å².